The highest BCUT2D eigenvalue weighted by atomic mass is 16.5. The molecule has 0 radical (unpaired) electrons. The summed E-state index contributed by atoms with van der Waals surface area (Å²) in [6, 6.07) is 7.56. The summed E-state index contributed by atoms with van der Waals surface area (Å²) >= 11 is 0. The Bertz CT molecular complexity index is 479. The molecule has 116 valence electrons. The van der Waals surface area contributed by atoms with Crippen LogP contribution in [0.2, 0.25) is 0 Å². The van der Waals surface area contributed by atoms with Crippen LogP contribution in [0.1, 0.15) is 13.8 Å². The molecule has 2 rings (SSSR count). The number of ether oxygens (including phenoxy) is 1. The fourth-order valence-electron chi connectivity index (χ4n) is 2.69. The maximum atomic E-state index is 12.9. The summed E-state index contributed by atoms with van der Waals surface area (Å²) < 4.78 is 5.15. The molecule has 0 unspecified atom stereocenters. The fraction of sp³-hybridized carbons (Fsp3) is 0.562. The van der Waals surface area contributed by atoms with Gasteiger partial charge in [-0.05, 0) is 38.1 Å². The fourth-order valence-corrected chi connectivity index (χ4v) is 2.69. The molecular weight excluding hydrogens is 266 g/mol. The lowest BCUT2D eigenvalue weighted by Gasteiger charge is -2.41. The van der Waals surface area contributed by atoms with Gasteiger partial charge in [-0.15, -0.1) is 0 Å². The van der Waals surface area contributed by atoms with Gasteiger partial charge in [0.15, 0.2) is 0 Å². The molecule has 21 heavy (non-hydrogen) atoms. The van der Waals surface area contributed by atoms with E-state index in [0.29, 0.717) is 0 Å². The Labute approximate surface area is 126 Å². The van der Waals surface area contributed by atoms with Crippen molar-refractivity contribution in [1.82, 2.24) is 10.2 Å². The summed E-state index contributed by atoms with van der Waals surface area (Å²) in [6.07, 6.45) is 0. The van der Waals surface area contributed by atoms with E-state index in [-0.39, 0.29) is 5.91 Å². The number of likely N-dealkylation sites (N-methyl/N-ethyl adjacent to an activating group) is 1. The third-order valence-electron chi connectivity index (χ3n) is 4.20. The highest BCUT2D eigenvalue weighted by Gasteiger charge is 2.37. The van der Waals surface area contributed by atoms with Gasteiger partial charge in [0.05, 0.1) is 12.6 Å². The lowest BCUT2D eigenvalue weighted by atomic mass is 9.99. The van der Waals surface area contributed by atoms with E-state index in [1.165, 1.54) is 0 Å². The van der Waals surface area contributed by atoms with Crippen LogP contribution in [0.3, 0.4) is 0 Å². The number of methoxy groups -OCH3 is 1. The first kappa shape index (κ1) is 15.8. The molecule has 1 heterocycles. The zero-order valence-corrected chi connectivity index (χ0v) is 13.3. The van der Waals surface area contributed by atoms with Crippen molar-refractivity contribution >= 4 is 11.6 Å². The van der Waals surface area contributed by atoms with Gasteiger partial charge < -0.3 is 15.0 Å². The van der Waals surface area contributed by atoms with Gasteiger partial charge in [0.1, 0.15) is 5.75 Å². The highest BCUT2D eigenvalue weighted by molar-refractivity contribution is 5.99. The van der Waals surface area contributed by atoms with Crippen LogP contribution in [0.4, 0.5) is 5.69 Å². The van der Waals surface area contributed by atoms with Gasteiger partial charge in [-0.1, -0.05) is 0 Å². The molecular formula is C16H25N3O2. The van der Waals surface area contributed by atoms with Crippen molar-refractivity contribution in [2.75, 3.05) is 45.2 Å². The van der Waals surface area contributed by atoms with Crippen LogP contribution in [0.5, 0.6) is 5.75 Å². The van der Waals surface area contributed by atoms with Gasteiger partial charge in [0.2, 0.25) is 5.91 Å². The van der Waals surface area contributed by atoms with Crippen molar-refractivity contribution in [2.45, 2.75) is 19.4 Å². The molecule has 1 aromatic carbocycles. The standard InChI is InChI=1S/C16H25N3O2/c1-16(2,19-11-9-17-10-12-19)15(20)18(3)13-5-7-14(21-4)8-6-13/h5-8,17H,9-12H2,1-4H3. The highest BCUT2D eigenvalue weighted by Crippen LogP contribution is 2.23. The van der Waals surface area contributed by atoms with E-state index in [9.17, 15) is 4.79 Å². The SMILES string of the molecule is COc1ccc(N(C)C(=O)C(C)(C)N2CCNCC2)cc1. The number of nitrogens with one attached hydrogen (secondary N) is 1. The Hall–Kier alpha value is -1.59. The van der Waals surface area contributed by atoms with Crippen LogP contribution < -0.4 is 15.0 Å². The van der Waals surface area contributed by atoms with Crippen LogP contribution in [0, 0.1) is 0 Å². The largest absolute Gasteiger partial charge is 0.497 e. The zero-order valence-electron chi connectivity index (χ0n) is 13.3. The number of piperazine rings is 1. The topological polar surface area (TPSA) is 44.8 Å². The molecule has 1 aromatic rings. The number of hydrogen-bond donors (Lipinski definition) is 1. The van der Waals surface area contributed by atoms with Gasteiger partial charge in [0.25, 0.3) is 0 Å². The average molecular weight is 291 g/mol. The molecule has 1 aliphatic heterocycles. The summed E-state index contributed by atoms with van der Waals surface area (Å²) in [5, 5.41) is 3.32. The van der Waals surface area contributed by atoms with E-state index in [1.54, 1.807) is 12.0 Å². The third kappa shape index (κ3) is 3.36. The molecule has 0 bridgehead atoms. The number of benzene rings is 1. The molecule has 0 saturated carbocycles. The second kappa shape index (κ2) is 6.45. The number of nitrogens with zero attached hydrogens (tertiary/aromatic N) is 2. The lowest BCUT2D eigenvalue weighted by Crippen LogP contribution is -2.60. The third-order valence-corrected chi connectivity index (χ3v) is 4.20. The maximum absolute atomic E-state index is 12.9. The number of anilines is 1. The molecule has 1 aliphatic rings. The van der Waals surface area contributed by atoms with E-state index in [4.69, 9.17) is 4.74 Å². The van der Waals surface area contributed by atoms with Crippen LogP contribution in [-0.2, 0) is 4.79 Å². The van der Waals surface area contributed by atoms with Gasteiger partial charge in [-0.2, -0.15) is 0 Å². The molecule has 5 heteroatoms. The quantitative estimate of drug-likeness (QED) is 0.909. The second-order valence-electron chi connectivity index (χ2n) is 5.86. The molecule has 0 aromatic heterocycles. The first-order valence-electron chi connectivity index (χ1n) is 7.35. The first-order valence-corrected chi connectivity index (χ1v) is 7.35. The normalized spacial score (nSPS) is 16.6. The molecule has 1 N–H and O–H groups in total. The molecule has 1 amide bonds. The predicted octanol–water partition coefficient (Wildman–Crippen LogP) is 1.34. The number of carbonyl (C=O) groups excluding carboxylic acids is 1. The van der Waals surface area contributed by atoms with Crippen LogP contribution in [-0.4, -0.2) is 56.7 Å². The lowest BCUT2D eigenvalue weighted by molar-refractivity contribution is -0.129. The molecule has 1 fully saturated rings. The average Bonchev–Trinajstić information content (AvgIpc) is 2.54. The van der Waals surface area contributed by atoms with E-state index in [2.05, 4.69) is 10.2 Å². The van der Waals surface area contributed by atoms with Crippen molar-refractivity contribution in [3.63, 3.8) is 0 Å². The van der Waals surface area contributed by atoms with E-state index in [1.807, 2.05) is 45.2 Å². The smallest absolute Gasteiger partial charge is 0.246 e. The minimum absolute atomic E-state index is 0.106. The maximum Gasteiger partial charge on any atom is 0.246 e. The van der Waals surface area contributed by atoms with Gasteiger partial charge in [-0.3, -0.25) is 9.69 Å². The molecule has 0 spiro atoms. The molecule has 0 atom stereocenters. The Morgan fingerprint density at radius 2 is 1.81 bits per heavy atom. The molecule has 1 saturated heterocycles. The number of amides is 1. The van der Waals surface area contributed by atoms with Gasteiger partial charge >= 0.3 is 0 Å². The summed E-state index contributed by atoms with van der Waals surface area (Å²) in [5.74, 6) is 0.899. The summed E-state index contributed by atoms with van der Waals surface area (Å²) in [7, 11) is 3.46. The number of rotatable bonds is 4. The van der Waals surface area contributed by atoms with Gasteiger partial charge in [-0.25, -0.2) is 0 Å². The van der Waals surface area contributed by atoms with Crippen molar-refractivity contribution < 1.29 is 9.53 Å². The van der Waals surface area contributed by atoms with E-state index >= 15 is 0 Å². The minimum Gasteiger partial charge on any atom is -0.497 e. The van der Waals surface area contributed by atoms with Gasteiger partial charge in [0, 0.05) is 38.9 Å². The first-order chi connectivity index (χ1) is 9.96. The number of hydrogen-bond acceptors (Lipinski definition) is 4. The Kier molecular flexibility index (Phi) is 4.85. The zero-order chi connectivity index (χ0) is 15.5. The van der Waals surface area contributed by atoms with E-state index in [0.717, 1.165) is 37.6 Å². The van der Waals surface area contributed by atoms with Crippen LogP contribution in [0.15, 0.2) is 24.3 Å². The number of carbonyl (C=O) groups is 1. The summed E-state index contributed by atoms with van der Waals surface area (Å²) in [4.78, 5) is 16.8. The Balaban J connectivity index is 2.12. The van der Waals surface area contributed by atoms with Crippen LogP contribution in [0.25, 0.3) is 0 Å². The minimum atomic E-state index is -0.503. The Morgan fingerprint density at radius 3 is 2.33 bits per heavy atom. The molecule has 0 aliphatic carbocycles. The predicted molar refractivity (Wildman–Crippen MR) is 84.9 cm³/mol. The summed E-state index contributed by atoms with van der Waals surface area (Å²) in [6.45, 7) is 7.66. The molecule has 5 nitrogen and oxygen atoms in total. The Morgan fingerprint density at radius 1 is 1.24 bits per heavy atom. The van der Waals surface area contributed by atoms with Crippen molar-refractivity contribution in [3.8, 4) is 5.75 Å². The second-order valence-corrected chi connectivity index (χ2v) is 5.86. The van der Waals surface area contributed by atoms with Crippen molar-refractivity contribution in [1.29, 1.82) is 0 Å². The van der Waals surface area contributed by atoms with E-state index < -0.39 is 5.54 Å². The summed E-state index contributed by atoms with van der Waals surface area (Å²) in [5.41, 5.74) is 0.376. The van der Waals surface area contributed by atoms with Crippen LogP contribution >= 0.6 is 0 Å². The monoisotopic (exact) mass is 291 g/mol. The van der Waals surface area contributed by atoms with Crippen molar-refractivity contribution in [2.24, 2.45) is 0 Å². The van der Waals surface area contributed by atoms with Crippen molar-refractivity contribution in [3.05, 3.63) is 24.3 Å².